The Morgan fingerprint density at radius 1 is 1.00 bits per heavy atom. The van der Waals surface area contributed by atoms with E-state index >= 15 is 0 Å². The van der Waals surface area contributed by atoms with Crippen molar-refractivity contribution in [1.82, 2.24) is 0 Å². The molecule has 0 radical (unpaired) electrons. The summed E-state index contributed by atoms with van der Waals surface area (Å²) >= 11 is 0. The Morgan fingerprint density at radius 3 is 2.21 bits per heavy atom. The fourth-order valence-corrected chi connectivity index (χ4v) is 2.68. The van der Waals surface area contributed by atoms with Gasteiger partial charge in [0.1, 0.15) is 0 Å². The summed E-state index contributed by atoms with van der Waals surface area (Å²) in [5.74, 6) is -3.03. The lowest BCUT2D eigenvalue weighted by Crippen LogP contribution is -2.43. The van der Waals surface area contributed by atoms with Gasteiger partial charge in [-0.2, -0.15) is 0 Å². The second-order valence-electron chi connectivity index (χ2n) is 6.20. The van der Waals surface area contributed by atoms with Gasteiger partial charge in [-0.15, -0.1) is 0 Å². The summed E-state index contributed by atoms with van der Waals surface area (Å²) in [6, 6.07) is 10.2. The minimum absolute atomic E-state index is 0.348. The van der Waals surface area contributed by atoms with Gasteiger partial charge < -0.3 is 20.4 Å². The molecule has 0 amide bonds. The maximum atomic E-state index is 11.0. The van der Waals surface area contributed by atoms with Gasteiger partial charge in [-0.1, -0.05) is 49.6 Å². The van der Waals surface area contributed by atoms with Crippen molar-refractivity contribution in [2.75, 3.05) is 0 Å². The molecule has 0 aromatic heterocycles. The van der Waals surface area contributed by atoms with E-state index in [4.69, 9.17) is 10.2 Å². The van der Waals surface area contributed by atoms with Crippen LogP contribution in [0.4, 0.5) is 0 Å². The normalized spacial score (nSPS) is 14.8. The molecule has 6 heteroatoms. The summed E-state index contributed by atoms with van der Waals surface area (Å²) in [5, 5.41) is 37.3. The summed E-state index contributed by atoms with van der Waals surface area (Å²) in [5.41, 5.74) is -1.13. The molecule has 0 bridgehead atoms. The van der Waals surface area contributed by atoms with E-state index in [-0.39, 0.29) is 0 Å². The van der Waals surface area contributed by atoms with Gasteiger partial charge in [0.15, 0.2) is 5.60 Å². The van der Waals surface area contributed by atoms with E-state index in [9.17, 15) is 19.8 Å². The fourth-order valence-electron chi connectivity index (χ4n) is 2.68. The van der Waals surface area contributed by atoms with Crippen molar-refractivity contribution in [3.63, 3.8) is 0 Å². The van der Waals surface area contributed by atoms with Crippen molar-refractivity contribution >= 4 is 11.9 Å². The Morgan fingerprint density at radius 2 is 1.62 bits per heavy atom. The van der Waals surface area contributed by atoms with Gasteiger partial charge in [0.25, 0.3) is 0 Å². The van der Waals surface area contributed by atoms with Crippen molar-refractivity contribution in [2.45, 2.75) is 63.1 Å². The molecule has 0 aliphatic rings. The van der Waals surface area contributed by atoms with Crippen LogP contribution in [0.25, 0.3) is 0 Å². The van der Waals surface area contributed by atoms with Crippen LogP contribution in [-0.4, -0.2) is 44.1 Å². The quantitative estimate of drug-likeness (QED) is 0.434. The number of aliphatic carboxylic acids is 2. The molecule has 6 nitrogen and oxygen atoms in total. The maximum Gasteiger partial charge on any atom is 0.336 e. The number of benzene rings is 1. The van der Waals surface area contributed by atoms with Crippen LogP contribution >= 0.6 is 0 Å². The SMILES string of the molecule is O=C(O)CC(O)(C[C@@H](O)CCCCCCc1ccccc1)C(=O)O. The van der Waals surface area contributed by atoms with Crippen LogP contribution < -0.4 is 0 Å². The minimum atomic E-state index is -2.42. The Labute approximate surface area is 141 Å². The maximum absolute atomic E-state index is 11.0. The molecule has 0 saturated heterocycles. The first-order valence-electron chi connectivity index (χ1n) is 8.23. The van der Waals surface area contributed by atoms with Crippen LogP contribution in [0.5, 0.6) is 0 Å². The molecule has 4 N–H and O–H groups in total. The minimum Gasteiger partial charge on any atom is -0.481 e. The highest BCUT2D eigenvalue weighted by Gasteiger charge is 2.40. The molecule has 0 aliphatic heterocycles. The first-order chi connectivity index (χ1) is 11.3. The van der Waals surface area contributed by atoms with E-state index in [1.54, 1.807) is 0 Å². The van der Waals surface area contributed by atoms with Crippen LogP contribution in [0, 0.1) is 0 Å². The van der Waals surface area contributed by atoms with Crippen LogP contribution in [0.3, 0.4) is 0 Å². The first kappa shape index (κ1) is 20.1. The third-order valence-corrected chi connectivity index (χ3v) is 4.01. The number of carboxylic acids is 2. The number of unbranched alkanes of at least 4 members (excludes halogenated alkanes) is 3. The smallest absolute Gasteiger partial charge is 0.336 e. The number of aliphatic hydroxyl groups is 2. The molecule has 1 unspecified atom stereocenters. The summed E-state index contributed by atoms with van der Waals surface area (Å²) in [4.78, 5) is 21.7. The lowest BCUT2D eigenvalue weighted by molar-refractivity contribution is -0.168. The first-order valence-corrected chi connectivity index (χ1v) is 8.23. The zero-order valence-electron chi connectivity index (χ0n) is 13.7. The van der Waals surface area contributed by atoms with Gasteiger partial charge >= 0.3 is 11.9 Å². The molecule has 24 heavy (non-hydrogen) atoms. The Kier molecular flexibility index (Phi) is 8.43. The zero-order chi connectivity index (χ0) is 18.0. The highest BCUT2D eigenvalue weighted by atomic mass is 16.4. The monoisotopic (exact) mass is 338 g/mol. The topological polar surface area (TPSA) is 115 Å². The Bertz CT molecular complexity index is 516. The number of hydrogen-bond donors (Lipinski definition) is 4. The predicted molar refractivity (Wildman–Crippen MR) is 88.7 cm³/mol. The highest BCUT2D eigenvalue weighted by molar-refractivity contribution is 5.83. The van der Waals surface area contributed by atoms with Crippen molar-refractivity contribution in [3.8, 4) is 0 Å². The molecule has 1 aromatic carbocycles. The average Bonchev–Trinajstić information content (AvgIpc) is 2.50. The lowest BCUT2D eigenvalue weighted by Gasteiger charge is -2.24. The van der Waals surface area contributed by atoms with E-state index in [0.717, 1.165) is 25.7 Å². The van der Waals surface area contributed by atoms with Gasteiger partial charge in [-0.3, -0.25) is 4.79 Å². The van der Waals surface area contributed by atoms with E-state index < -0.39 is 36.5 Å². The number of hydrogen-bond acceptors (Lipinski definition) is 4. The predicted octanol–water partition coefficient (Wildman–Crippen LogP) is 2.22. The molecule has 1 rings (SSSR count). The van der Waals surface area contributed by atoms with E-state index in [1.807, 2.05) is 18.2 Å². The largest absolute Gasteiger partial charge is 0.481 e. The molecule has 2 atom stereocenters. The summed E-state index contributed by atoms with van der Waals surface area (Å²) in [6.07, 6.45) is 2.57. The summed E-state index contributed by atoms with van der Waals surface area (Å²) in [6.45, 7) is 0. The van der Waals surface area contributed by atoms with Gasteiger partial charge in [0.2, 0.25) is 0 Å². The molecular weight excluding hydrogens is 312 g/mol. The van der Waals surface area contributed by atoms with E-state index in [2.05, 4.69) is 12.1 Å². The number of carboxylic acid groups (broad SMARTS) is 2. The van der Waals surface area contributed by atoms with Crippen LogP contribution in [0.1, 0.15) is 50.5 Å². The number of aryl methyl sites for hydroxylation is 1. The van der Waals surface area contributed by atoms with Gasteiger partial charge in [-0.25, -0.2) is 4.79 Å². The molecular formula is C18H26O6. The standard InChI is InChI=1S/C18H26O6/c19-15(12-18(24,17(22)23)13-16(20)21)11-7-2-1-4-8-14-9-5-3-6-10-14/h3,5-6,9-10,15,19,24H,1-2,4,7-8,11-13H2,(H,20,21)(H,22,23)/t15-,18?/m0/s1. The van der Waals surface area contributed by atoms with Crippen molar-refractivity contribution in [1.29, 1.82) is 0 Å². The summed E-state index contributed by atoms with van der Waals surface area (Å²) in [7, 11) is 0. The third kappa shape index (κ3) is 7.57. The molecule has 0 aliphatic carbocycles. The highest BCUT2D eigenvalue weighted by Crippen LogP contribution is 2.21. The Balaban J connectivity index is 2.22. The van der Waals surface area contributed by atoms with Crippen LogP contribution in [0.2, 0.25) is 0 Å². The molecule has 0 fully saturated rings. The molecule has 1 aromatic rings. The number of carbonyl (C=O) groups is 2. The van der Waals surface area contributed by atoms with Crippen molar-refractivity contribution in [3.05, 3.63) is 35.9 Å². The van der Waals surface area contributed by atoms with Gasteiger partial charge in [0, 0.05) is 6.42 Å². The average molecular weight is 338 g/mol. The number of rotatable bonds is 12. The van der Waals surface area contributed by atoms with Crippen molar-refractivity contribution in [2.24, 2.45) is 0 Å². The molecule has 0 spiro atoms. The second kappa shape index (κ2) is 10.1. The molecule has 0 saturated carbocycles. The molecule has 0 heterocycles. The molecule has 134 valence electrons. The number of aliphatic hydroxyl groups excluding tert-OH is 1. The van der Waals surface area contributed by atoms with Gasteiger partial charge in [-0.05, 0) is 24.8 Å². The Hall–Kier alpha value is -1.92. The zero-order valence-corrected chi connectivity index (χ0v) is 13.7. The third-order valence-electron chi connectivity index (χ3n) is 4.01. The second-order valence-corrected chi connectivity index (χ2v) is 6.20. The van der Waals surface area contributed by atoms with Gasteiger partial charge in [0.05, 0.1) is 12.5 Å². The van der Waals surface area contributed by atoms with E-state index in [0.29, 0.717) is 12.8 Å². The lowest BCUT2D eigenvalue weighted by atomic mass is 9.90. The van der Waals surface area contributed by atoms with Crippen LogP contribution in [0.15, 0.2) is 30.3 Å². The summed E-state index contributed by atoms with van der Waals surface area (Å²) < 4.78 is 0. The van der Waals surface area contributed by atoms with E-state index in [1.165, 1.54) is 5.56 Å². The van der Waals surface area contributed by atoms with Crippen molar-refractivity contribution < 1.29 is 30.0 Å². The van der Waals surface area contributed by atoms with Crippen LogP contribution in [-0.2, 0) is 16.0 Å². The fraction of sp³-hybridized carbons (Fsp3) is 0.556.